The van der Waals surface area contributed by atoms with Crippen molar-refractivity contribution in [3.8, 4) is 0 Å². The first-order valence-electron chi connectivity index (χ1n) is 6.60. The molecule has 1 N–H and O–H groups in total. The van der Waals surface area contributed by atoms with Crippen molar-refractivity contribution in [2.75, 3.05) is 13.1 Å². The molecule has 1 aromatic rings. The van der Waals surface area contributed by atoms with Crippen molar-refractivity contribution in [2.45, 2.75) is 46.3 Å². The second-order valence-corrected chi connectivity index (χ2v) is 5.59. The fourth-order valence-corrected chi connectivity index (χ4v) is 1.66. The molecule has 0 unspecified atom stereocenters. The van der Waals surface area contributed by atoms with E-state index in [2.05, 4.69) is 56.6 Å². The Bertz CT molecular complexity index is 363. The molecule has 0 fully saturated rings. The molecule has 0 saturated heterocycles. The Morgan fingerprint density at radius 2 is 2.00 bits per heavy atom. The van der Waals surface area contributed by atoms with E-state index in [9.17, 15) is 0 Å². The average molecular weight is 250 g/mol. The summed E-state index contributed by atoms with van der Waals surface area (Å²) < 4.78 is 5.82. The van der Waals surface area contributed by atoms with Gasteiger partial charge in [-0.25, -0.2) is 0 Å². The molecule has 0 saturated carbocycles. The van der Waals surface area contributed by atoms with Crippen LogP contribution in [-0.4, -0.2) is 23.5 Å². The van der Waals surface area contributed by atoms with Crippen molar-refractivity contribution in [3.05, 3.63) is 36.3 Å². The van der Waals surface area contributed by atoms with Crippen molar-refractivity contribution in [1.29, 1.82) is 0 Å². The van der Waals surface area contributed by atoms with Gasteiger partial charge in [0.05, 0.1) is 13.1 Å². The summed E-state index contributed by atoms with van der Waals surface area (Å²) in [6.45, 7) is 15.9. The van der Waals surface area contributed by atoms with Crippen LogP contribution < -0.4 is 5.32 Å². The topological polar surface area (TPSA) is 28.4 Å². The lowest BCUT2D eigenvalue weighted by Gasteiger charge is -2.19. The minimum Gasteiger partial charge on any atom is -0.463 e. The number of hydrogen-bond acceptors (Lipinski definition) is 3. The maximum Gasteiger partial charge on any atom is 0.118 e. The Balaban J connectivity index is 2.49. The van der Waals surface area contributed by atoms with Gasteiger partial charge in [-0.15, -0.1) is 6.58 Å². The summed E-state index contributed by atoms with van der Waals surface area (Å²) >= 11 is 0. The first kappa shape index (κ1) is 15.0. The van der Waals surface area contributed by atoms with Crippen LogP contribution in [0.1, 0.15) is 39.2 Å². The van der Waals surface area contributed by atoms with Gasteiger partial charge in [-0.3, -0.25) is 4.90 Å². The number of rotatable bonds is 7. The van der Waals surface area contributed by atoms with E-state index in [-0.39, 0.29) is 5.54 Å². The molecule has 0 aliphatic rings. The third-order valence-corrected chi connectivity index (χ3v) is 2.72. The van der Waals surface area contributed by atoms with E-state index in [1.165, 1.54) is 0 Å². The molecule has 0 spiro atoms. The Morgan fingerprint density at radius 1 is 1.33 bits per heavy atom. The van der Waals surface area contributed by atoms with E-state index < -0.39 is 0 Å². The maximum atomic E-state index is 5.82. The van der Waals surface area contributed by atoms with Crippen LogP contribution in [-0.2, 0) is 13.1 Å². The summed E-state index contributed by atoms with van der Waals surface area (Å²) in [4.78, 5) is 2.28. The summed E-state index contributed by atoms with van der Waals surface area (Å²) in [6.07, 6.45) is 1.93. The summed E-state index contributed by atoms with van der Waals surface area (Å²) in [5.74, 6) is 2.01. The highest BCUT2D eigenvalue weighted by Gasteiger charge is 2.11. The molecule has 1 rings (SSSR count). The van der Waals surface area contributed by atoms with Crippen LogP contribution in [0.4, 0.5) is 0 Å². The predicted octanol–water partition coefficient (Wildman–Crippen LogP) is 3.18. The molecular formula is C15H26N2O. The highest BCUT2D eigenvalue weighted by molar-refractivity contribution is 5.07. The van der Waals surface area contributed by atoms with Crippen LogP contribution in [0.2, 0.25) is 0 Å². The normalized spacial score (nSPS) is 12.1. The number of nitrogens with one attached hydrogen (secondary N) is 1. The van der Waals surface area contributed by atoms with Gasteiger partial charge in [0, 0.05) is 12.1 Å². The van der Waals surface area contributed by atoms with Gasteiger partial charge in [0.2, 0.25) is 0 Å². The Kier molecular flexibility index (Phi) is 5.63. The molecular weight excluding hydrogens is 224 g/mol. The molecule has 1 aromatic heterocycles. The first-order chi connectivity index (χ1) is 8.44. The van der Waals surface area contributed by atoms with Gasteiger partial charge in [0.25, 0.3) is 0 Å². The van der Waals surface area contributed by atoms with Crippen molar-refractivity contribution in [1.82, 2.24) is 10.2 Å². The third kappa shape index (κ3) is 5.52. The Labute approximate surface area is 111 Å². The van der Waals surface area contributed by atoms with Crippen LogP contribution in [0.5, 0.6) is 0 Å². The van der Waals surface area contributed by atoms with Gasteiger partial charge in [0.15, 0.2) is 0 Å². The van der Waals surface area contributed by atoms with Crippen LogP contribution >= 0.6 is 0 Å². The van der Waals surface area contributed by atoms with E-state index in [1.807, 2.05) is 6.08 Å². The fourth-order valence-electron chi connectivity index (χ4n) is 1.66. The van der Waals surface area contributed by atoms with Crippen LogP contribution in [0.25, 0.3) is 0 Å². The quantitative estimate of drug-likeness (QED) is 0.753. The van der Waals surface area contributed by atoms with E-state index in [4.69, 9.17) is 4.42 Å². The largest absolute Gasteiger partial charge is 0.463 e. The molecule has 0 atom stereocenters. The fraction of sp³-hybridized carbons (Fsp3) is 0.600. The second-order valence-electron chi connectivity index (χ2n) is 5.59. The van der Waals surface area contributed by atoms with Crippen LogP contribution in [0, 0.1) is 0 Å². The molecule has 0 aromatic carbocycles. The Morgan fingerprint density at radius 3 is 2.56 bits per heavy atom. The summed E-state index contributed by atoms with van der Waals surface area (Å²) in [6, 6.07) is 4.11. The summed E-state index contributed by atoms with van der Waals surface area (Å²) in [5, 5.41) is 3.42. The minimum absolute atomic E-state index is 0.116. The molecule has 0 aliphatic heterocycles. The van der Waals surface area contributed by atoms with Crippen molar-refractivity contribution in [3.63, 3.8) is 0 Å². The number of likely N-dealkylation sites (N-methyl/N-ethyl adjacent to an activating group) is 1. The number of nitrogens with zero attached hydrogens (tertiary/aromatic N) is 1. The zero-order chi connectivity index (χ0) is 13.6. The number of furan rings is 1. The number of hydrogen-bond donors (Lipinski definition) is 1. The van der Waals surface area contributed by atoms with Gasteiger partial charge in [-0.1, -0.05) is 13.0 Å². The molecule has 0 amide bonds. The van der Waals surface area contributed by atoms with Gasteiger partial charge in [-0.05, 0) is 39.4 Å². The molecule has 0 bridgehead atoms. The van der Waals surface area contributed by atoms with Crippen LogP contribution in [0.3, 0.4) is 0 Å². The lowest BCUT2D eigenvalue weighted by molar-refractivity contribution is 0.274. The minimum atomic E-state index is 0.116. The SMILES string of the molecule is C=CCN(CC)Cc1ccc(CNC(C)(C)C)o1. The maximum absolute atomic E-state index is 5.82. The summed E-state index contributed by atoms with van der Waals surface area (Å²) in [5.41, 5.74) is 0.116. The van der Waals surface area contributed by atoms with Crippen molar-refractivity contribution in [2.24, 2.45) is 0 Å². The zero-order valence-corrected chi connectivity index (χ0v) is 12.1. The molecule has 18 heavy (non-hydrogen) atoms. The van der Waals surface area contributed by atoms with E-state index >= 15 is 0 Å². The molecule has 0 radical (unpaired) electrons. The molecule has 3 heteroatoms. The highest BCUT2D eigenvalue weighted by Crippen LogP contribution is 2.12. The lowest BCUT2D eigenvalue weighted by atomic mass is 10.1. The monoisotopic (exact) mass is 250 g/mol. The van der Waals surface area contributed by atoms with Crippen molar-refractivity contribution < 1.29 is 4.42 Å². The summed E-state index contributed by atoms with van der Waals surface area (Å²) in [7, 11) is 0. The average Bonchev–Trinajstić information content (AvgIpc) is 2.73. The molecule has 0 aliphatic carbocycles. The van der Waals surface area contributed by atoms with Gasteiger partial charge in [-0.2, -0.15) is 0 Å². The highest BCUT2D eigenvalue weighted by atomic mass is 16.3. The van der Waals surface area contributed by atoms with E-state index in [1.54, 1.807) is 0 Å². The van der Waals surface area contributed by atoms with E-state index in [0.29, 0.717) is 0 Å². The smallest absolute Gasteiger partial charge is 0.118 e. The predicted molar refractivity (Wildman–Crippen MR) is 76.4 cm³/mol. The molecule has 102 valence electrons. The van der Waals surface area contributed by atoms with Crippen LogP contribution in [0.15, 0.2) is 29.2 Å². The van der Waals surface area contributed by atoms with Gasteiger partial charge >= 0.3 is 0 Å². The second kappa shape index (κ2) is 6.76. The van der Waals surface area contributed by atoms with Gasteiger partial charge < -0.3 is 9.73 Å². The molecule has 1 heterocycles. The standard InChI is InChI=1S/C15H26N2O/c1-6-10-17(7-2)12-14-9-8-13(18-14)11-16-15(3,4)5/h6,8-9,16H,1,7,10-12H2,2-5H3. The third-order valence-electron chi connectivity index (χ3n) is 2.72. The first-order valence-corrected chi connectivity index (χ1v) is 6.60. The zero-order valence-electron chi connectivity index (χ0n) is 12.1. The van der Waals surface area contributed by atoms with E-state index in [0.717, 1.165) is 37.7 Å². The van der Waals surface area contributed by atoms with Crippen molar-refractivity contribution >= 4 is 0 Å². The Hall–Kier alpha value is -1.06. The lowest BCUT2D eigenvalue weighted by Crippen LogP contribution is -2.34. The van der Waals surface area contributed by atoms with Gasteiger partial charge in [0.1, 0.15) is 11.5 Å². The molecule has 3 nitrogen and oxygen atoms in total.